The second-order valence-electron chi connectivity index (χ2n) is 5.68. The van der Waals surface area contributed by atoms with Gasteiger partial charge >= 0.3 is 0 Å². The van der Waals surface area contributed by atoms with Gasteiger partial charge in [0.25, 0.3) is 0 Å². The standard InChI is InChI=1S/C18H32N2O/c1-6-15(3)20(12-13-21-5)14-18(19-4)17-10-8-16(7-2)9-11-17/h8-11,15,18-19H,6-7,12-14H2,1-5H3. The van der Waals surface area contributed by atoms with E-state index in [0.717, 1.165) is 32.5 Å². The Morgan fingerprint density at radius 3 is 2.33 bits per heavy atom. The minimum absolute atomic E-state index is 0.363. The molecular weight excluding hydrogens is 260 g/mol. The zero-order valence-corrected chi connectivity index (χ0v) is 14.4. The summed E-state index contributed by atoms with van der Waals surface area (Å²) in [6.45, 7) is 9.52. The Hall–Kier alpha value is -0.900. The number of aryl methyl sites for hydroxylation is 1. The first-order chi connectivity index (χ1) is 10.2. The van der Waals surface area contributed by atoms with Crippen molar-refractivity contribution in [3.63, 3.8) is 0 Å². The van der Waals surface area contributed by atoms with E-state index < -0.39 is 0 Å². The Morgan fingerprint density at radius 1 is 1.19 bits per heavy atom. The Balaban J connectivity index is 2.75. The molecule has 0 aliphatic heterocycles. The Kier molecular flexibility index (Phi) is 8.58. The van der Waals surface area contributed by atoms with E-state index in [1.807, 2.05) is 7.05 Å². The van der Waals surface area contributed by atoms with Crippen LogP contribution in [0.3, 0.4) is 0 Å². The van der Waals surface area contributed by atoms with Crippen LogP contribution in [0.2, 0.25) is 0 Å². The monoisotopic (exact) mass is 292 g/mol. The summed E-state index contributed by atoms with van der Waals surface area (Å²) in [6, 6.07) is 9.92. The van der Waals surface area contributed by atoms with Crippen LogP contribution in [-0.4, -0.2) is 44.8 Å². The van der Waals surface area contributed by atoms with Crippen molar-refractivity contribution in [2.45, 2.75) is 45.7 Å². The lowest BCUT2D eigenvalue weighted by Crippen LogP contribution is -2.41. The average Bonchev–Trinajstić information content (AvgIpc) is 2.54. The van der Waals surface area contributed by atoms with Gasteiger partial charge in [-0.25, -0.2) is 0 Å². The minimum Gasteiger partial charge on any atom is -0.383 e. The van der Waals surface area contributed by atoms with Crippen LogP contribution in [0.5, 0.6) is 0 Å². The molecule has 0 fully saturated rings. The van der Waals surface area contributed by atoms with E-state index in [-0.39, 0.29) is 0 Å². The summed E-state index contributed by atoms with van der Waals surface area (Å²) in [4.78, 5) is 2.51. The molecule has 1 N–H and O–H groups in total. The summed E-state index contributed by atoms with van der Waals surface area (Å²) in [5.74, 6) is 0. The summed E-state index contributed by atoms with van der Waals surface area (Å²) in [6.07, 6.45) is 2.26. The van der Waals surface area contributed by atoms with Crippen molar-refractivity contribution in [1.82, 2.24) is 10.2 Å². The van der Waals surface area contributed by atoms with Gasteiger partial charge in [0.05, 0.1) is 6.61 Å². The molecule has 0 radical (unpaired) electrons. The molecule has 0 saturated carbocycles. The zero-order valence-electron chi connectivity index (χ0n) is 14.4. The number of rotatable bonds is 10. The largest absolute Gasteiger partial charge is 0.383 e. The van der Waals surface area contributed by atoms with Crippen molar-refractivity contribution in [2.75, 3.05) is 33.9 Å². The topological polar surface area (TPSA) is 24.5 Å². The van der Waals surface area contributed by atoms with E-state index >= 15 is 0 Å². The Labute approximate surface area is 130 Å². The van der Waals surface area contributed by atoms with Gasteiger partial charge in [0.1, 0.15) is 0 Å². The third kappa shape index (κ3) is 5.77. The lowest BCUT2D eigenvalue weighted by molar-refractivity contribution is 0.115. The molecular formula is C18H32N2O. The normalized spacial score (nSPS) is 14.4. The highest BCUT2D eigenvalue weighted by atomic mass is 16.5. The first-order valence-corrected chi connectivity index (χ1v) is 8.15. The fraction of sp³-hybridized carbons (Fsp3) is 0.667. The average molecular weight is 292 g/mol. The number of ether oxygens (including phenoxy) is 1. The summed E-state index contributed by atoms with van der Waals surface area (Å²) in [5.41, 5.74) is 2.76. The van der Waals surface area contributed by atoms with Crippen molar-refractivity contribution in [2.24, 2.45) is 0 Å². The van der Waals surface area contributed by atoms with Crippen LogP contribution in [0.1, 0.15) is 44.4 Å². The van der Waals surface area contributed by atoms with E-state index in [1.54, 1.807) is 7.11 Å². The third-order valence-corrected chi connectivity index (χ3v) is 4.35. The molecule has 0 spiro atoms. The maximum atomic E-state index is 5.26. The van der Waals surface area contributed by atoms with Crippen LogP contribution in [0.4, 0.5) is 0 Å². The predicted octanol–water partition coefficient (Wildman–Crippen LogP) is 3.26. The summed E-state index contributed by atoms with van der Waals surface area (Å²) >= 11 is 0. The number of benzene rings is 1. The van der Waals surface area contributed by atoms with Crippen LogP contribution in [0, 0.1) is 0 Å². The van der Waals surface area contributed by atoms with Crippen LogP contribution < -0.4 is 5.32 Å². The van der Waals surface area contributed by atoms with Crippen LogP contribution in [0.15, 0.2) is 24.3 Å². The molecule has 0 bridgehead atoms. The van der Waals surface area contributed by atoms with Gasteiger partial charge in [-0.05, 0) is 37.9 Å². The number of likely N-dealkylation sites (N-methyl/N-ethyl adjacent to an activating group) is 1. The summed E-state index contributed by atoms with van der Waals surface area (Å²) in [7, 11) is 3.82. The van der Waals surface area contributed by atoms with Gasteiger partial charge < -0.3 is 10.1 Å². The van der Waals surface area contributed by atoms with Gasteiger partial charge in [0.15, 0.2) is 0 Å². The van der Waals surface area contributed by atoms with Gasteiger partial charge in [0, 0.05) is 32.3 Å². The quantitative estimate of drug-likeness (QED) is 0.716. The van der Waals surface area contributed by atoms with Gasteiger partial charge in [-0.15, -0.1) is 0 Å². The molecule has 2 unspecified atom stereocenters. The molecule has 0 amide bonds. The Bertz CT molecular complexity index is 377. The van der Waals surface area contributed by atoms with Crippen LogP contribution in [0.25, 0.3) is 0 Å². The highest BCUT2D eigenvalue weighted by Gasteiger charge is 2.18. The second kappa shape index (κ2) is 9.93. The number of methoxy groups -OCH3 is 1. The van der Waals surface area contributed by atoms with Crippen molar-refractivity contribution in [1.29, 1.82) is 0 Å². The molecule has 1 aromatic carbocycles. The molecule has 0 aliphatic rings. The van der Waals surface area contributed by atoms with Crippen molar-refractivity contribution in [3.8, 4) is 0 Å². The Morgan fingerprint density at radius 2 is 1.86 bits per heavy atom. The summed E-state index contributed by atoms with van der Waals surface area (Å²) in [5, 5.41) is 3.46. The molecule has 3 heteroatoms. The summed E-state index contributed by atoms with van der Waals surface area (Å²) < 4.78 is 5.26. The minimum atomic E-state index is 0.363. The first kappa shape index (κ1) is 18.1. The second-order valence-corrected chi connectivity index (χ2v) is 5.68. The number of hydrogen-bond donors (Lipinski definition) is 1. The maximum Gasteiger partial charge on any atom is 0.0589 e. The lowest BCUT2D eigenvalue weighted by Gasteiger charge is -2.32. The third-order valence-electron chi connectivity index (χ3n) is 4.35. The SMILES string of the molecule is CCc1ccc(C(CN(CCOC)C(C)CC)NC)cc1. The fourth-order valence-corrected chi connectivity index (χ4v) is 2.54. The van der Waals surface area contributed by atoms with E-state index in [4.69, 9.17) is 4.74 Å². The molecule has 0 aliphatic carbocycles. The molecule has 3 nitrogen and oxygen atoms in total. The number of nitrogens with zero attached hydrogens (tertiary/aromatic N) is 1. The molecule has 120 valence electrons. The van der Waals surface area contributed by atoms with E-state index in [9.17, 15) is 0 Å². The van der Waals surface area contributed by atoms with Crippen LogP contribution >= 0.6 is 0 Å². The van der Waals surface area contributed by atoms with Gasteiger partial charge in [-0.1, -0.05) is 38.1 Å². The highest BCUT2D eigenvalue weighted by molar-refractivity contribution is 5.25. The molecule has 21 heavy (non-hydrogen) atoms. The molecule has 0 heterocycles. The molecule has 2 atom stereocenters. The molecule has 0 saturated heterocycles. The lowest BCUT2D eigenvalue weighted by atomic mass is 10.0. The molecule has 0 aromatic heterocycles. The van der Waals surface area contributed by atoms with Crippen molar-refractivity contribution in [3.05, 3.63) is 35.4 Å². The molecule has 1 rings (SSSR count). The first-order valence-electron chi connectivity index (χ1n) is 8.15. The maximum absolute atomic E-state index is 5.26. The van der Waals surface area contributed by atoms with E-state index in [0.29, 0.717) is 12.1 Å². The van der Waals surface area contributed by atoms with Crippen molar-refractivity contribution >= 4 is 0 Å². The smallest absolute Gasteiger partial charge is 0.0589 e. The van der Waals surface area contributed by atoms with Gasteiger partial charge in [-0.3, -0.25) is 4.90 Å². The van der Waals surface area contributed by atoms with Gasteiger partial charge in [0.2, 0.25) is 0 Å². The van der Waals surface area contributed by atoms with Gasteiger partial charge in [-0.2, -0.15) is 0 Å². The van der Waals surface area contributed by atoms with E-state index in [1.165, 1.54) is 11.1 Å². The number of nitrogens with one attached hydrogen (secondary N) is 1. The predicted molar refractivity (Wildman–Crippen MR) is 90.8 cm³/mol. The molecule has 1 aromatic rings. The number of hydrogen-bond acceptors (Lipinski definition) is 3. The van der Waals surface area contributed by atoms with Crippen LogP contribution in [-0.2, 0) is 11.2 Å². The van der Waals surface area contributed by atoms with Crippen molar-refractivity contribution < 1.29 is 4.74 Å². The van der Waals surface area contributed by atoms with E-state index in [2.05, 4.69) is 55.3 Å². The fourth-order valence-electron chi connectivity index (χ4n) is 2.54. The highest BCUT2D eigenvalue weighted by Crippen LogP contribution is 2.17. The zero-order chi connectivity index (χ0) is 15.7.